The average Bonchev–Trinajstić information content (AvgIpc) is 3.13. The van der Waals surface area contributed by atoms with Gasteiger partial charge in [-0.15, -0.1) is 11.3 Å². The molecule has 0 radical (unpaired) electrons. The molecule has 0 bridgehead atoms. The van der Waals surface area contributed by atoms with Gasteiger partial charge in [0.2, 0.25) is 0 Å². The third-order valence-electron chi connectivity index (χ3n) is 4.65. The molecule has 1 aromatic heterocycles. The van der Waals surface area contributed by atoms with Crippen molar-refractivity contribution >= 4 is 52.1 Å². The highest BCUT2D eigenvalue weighted by atomic mass is 35.5. The van der Waals surface area contributed by atoms with E-state index in [-0.39, 0.29) is 16.5 Å². The normalized spacial score (nSPS) is 13.4. The first kappa shape index (κ1) is 19.0. The van der Waals surface area contributed by atoms with Crippen molar-refractivity contribution in [1.29, 1.82) is 0 Å². The molecule has 0 unspecified atom stereocenters. The second-order valence-electron chi connectivity index (χ2n) is 6.33. The number of anilines is 1. The number of hydrogen-bond acceptors (Lipinski definition) is 4. The number of carbonyl (C=O) groups is 2. The molecule has 4 nitrogen and oxygen atoms in total. The van der Waals surface area contributed by atoms with Crippen LogP contribution < -0.4 is 4.90 Å². The number of amides is 1. The van der Waals surface area contributed by atoms with Gasteiger partial charge in [0.05, 0.1) is 22.6 Å². The first-order valence-electron chi connectivity index (χ1n) is 8.56. The van der Waals surface area contributed by atoms with Crippen molar-refractivity contribution in [3.8, 4) is 10.4 Å². The maximum atomic E-state index is 13.1. The fraction of sp³-hybridized carbons (Fsp3) is 0.143. The molecular formula is C21H15Cl2NO3S. The zero-order chi connectivity index (χ0) is 19.8. The Bertz CT molecular complexity index is 1080. The Morgan fingerprint density at radius 2 is 1.86 bits per heavy atom. The summed E-state index contributed by atoms with van der Waals surface area (Å²) in [5.74, 6) is -0.567. The van der Waals surface area contributed by atoms with Gasteiger partial charge >= 0.3 is 5.97 Å². The fourth-order valence-corrected chi connectivity index (χ4v) is 4.74. The van der Waals surface area contributed by atoms with Crippen LogP contribution in [-0.4, -0.2) is 25.5 Å². The van der Waals surface area contributed by atoms with Gasteiger partial charge in [-0.25, -0.2) is 4.79 Å². The van der Waals surface area contributed by atoms with Gasteiger partial charge in [-0.3, -0.25) is 4.79 Å². The monoisotopic (exact) mass is 431 g/mol. The predicted octanol–water partition coefficient (Wildman–Crippen LogP) is 5.71. The van der Waals surface area contributed by atoms with Crippen molar-refractivity contribution in [2.45, 2.75) is 6.42 Å². The average molecular weight is 432 g/mol. The molecule has 1 aliphatic rings. The molecule has 142 valence electrons. The number of nitrogens with zero attached hydrogens (tertiary/aromatic N) is 1. The number of carbonyl (C=O) groups excluding carboxylic acids is 2. The maximum Gasteiger partial charge on any atom is 0.339 e. The zero-order valence-corrected chi connectivity index (χ0v) is 17.2. The minimum Gasteiger partial charge on any atom is -0.465 e. The van der Waals surface area contributed by atoms with Crippen LogP contribution in [0.15, 0.2) is 48.5 Å². The predicted molar refractivity (Wildman–Crippen MR) is 113 cm³/mol. The van der Waals surface area contributed by atoms with Crippen LogP contribution in [0, 0.1) is 0 Å². The summed E-state index contributed by atoms with van der Waals surface area (Å²) in [7, 11) is 1.30. The van der Waals surface area contributed by atoms with Gasteiger partial charge in [0.15, 0.2) is 0 Å². The summed E-state index contributed by atoms with van der Waals surface area (Å²) in [5, 5.41) is 0.940. The van der Waals surface area contributed by atoms with Crippen molar-refractivity contribution in [1.82, 2.24) is 0 Å². The largest absolute Gasteiger partial charge is 0.465 e. The van der Waals surface area contributed by atoms with E-state index < -0.39 is 5.97 Å². The van der Waals surface area contributed by atoms with Crippen LogP contribution >= 0.6 is 34.5 Å². The van der Waals surface area contributed by atoms with E-state index in [1.807, 2.05) is 24.3 Å². The summed E-state index contributed by atoms with van der Waals surface area (Å²) in [6.45, 7) is 0.552. The first-order valence-corrected chi connectivity index (χ1v) is 10.1. The van der Waals surface area contributed by atoms with Gasteiger partial charge in [0.25, 0.3) is 5.91 Å². The molecule has 0 atom stereocenters. The van der Waals surface area contributed by atoms with Crippen molar-refractivity contribution < 1.29 is 14.3 Å². The van der Waals surface area contributed by atoms with Crippen LogP contribution in [0.1, 0.15) is 25.6 Å². The van der Waals surface area contributed by atoms with E-state index in [9.17, 15) is 9.59 Å². The molecule has 0 fully saturated rings. The number of esters is 1. The summed E-state index contributed by atoms with van der Waals surface area (Å²) < 4.78 is 4.71. The van der Waals surface area contributed by atoms with E-state index in [4.69, 9.17) is 27.9 Å². The van der Waals surface area contributed by atoms with Crippen molar-refractivity contribution in [2.24, 2.45) is 0 Å². The topological polar surface area (TPSA) is 46.6 Å². The molecule has 7 heteroatoms. The lowest BCUT2D eigenvalue weighted by atomic mass is 10.0. The number of ether oxygens (including phenoxy) is 1. The molecule has 0 aliphatic carbocycles. The smallest absolute Gasteiger partial charge is 0.339 e. The van der Waals surface area contributed by atoms with Crippen LogP contribution in [0.4, 0.5) is 5.69 Å². The van der Waals surface area contributed by atoms with E-state index >= 15 is 0 Å². The minimum absolute atomic E-state index is 0.0617. The number of thiophene rings is 1. The second kappa shape index (κ2) is 7.59. The summed E-state index contributed by atoms with van der Waals surface area (Å²) >= 11 is 13.7. The third-order valence-corrected chi connectivity index (χ3v) is 6.43. The Balaban J connectivity index is 1.64. The molecule has 4 rings (SSSR count). The Morgan fingerprint density at radius 1 is 1.11 bits per heavy atom. The van der Waals surface area contributed by atoms with Crippen molar-refractivity contribution in [3.05, 3.63) is 74.6 Å². The quantitative estimate of drug-likeness (QED) is 0.498. The molecule has 1 aliphatic heterocycles. The Labute approximate surface area is 176 Å². The Morgan fingerprint density at radius 3 is 2.54 bits per heavy atom. The number of hydrogen-bond donors (Lipinski definition) is 0. The van der Waals surface area contributed by atoms with E-state index in [2.05, 4.69) is 6.07 Å². The molecule has 28 heavy (non-hydrogen) atoms. The molecule has 2 heterocycles. The number of benzene rings is 2. The zero-order valence-electron chi connectivity index (χ0n) is 14.9. The van der Waals surface area contributed by atoms with Gasteiger partial charge in [0, 0.05) is 22.1 Å². The van der Waals surface area contributed by atoms with Gasteiger partial charge in [-0.2, -0.15) is 0 Å². The van der Waals surface area contributed by atoms with Crippen LogP contribution in [0.2, 0.25) is 10.0 Å². The highest BCUT2D eigenvalue weighted by Gasteiger charge is 2.29. The van der Waals surface area contributed by atoms with Gasteiger partial charge < -0.3 is 9.64 Å². The molecule has 3 aromatic rings. The van der Waals surface area contributed by atoms with Gasteiger partial charge in [0.1, 0.15) is 0 Å². The lowest BCUT2D eigenvalue weighted by Gasteiger charge is -2.27. The Hall–Kier alpha value is -2.34. The first-order chi connectivity index (χ1) is 13.5. The molecule has 0 saturated heterocycles. The van der Waals surface area contributed by atoms with Gasteiger partial charge in [-0.05, 0) is 53.9 Å². The summed E-state index contributed by atoms with van der Waals surface area (Å²) in [6.07, 6.45) is 0.752. The molecule has 0 N–H and O–H groups in total. The van der Waals surface area contributed by atoms with Crippen LogP contribution in [0.3, 0.4) is 0 Å². The SMILES string of the molecule is COC(=O)c1ccc(N2CCc3cc(-c4ccc(Cl)cc4)sc3C2=O)cc1Cl. The highest BCUT2D eigenvalue weighted by molar-refractivity contribution is 7.17. The number of halogens is 2. The number of fused-ring (bicyclic) bond motifs is 1. The van der Waals surface area contributed by atoms with Gasteiger partial charge in [-0.1, -0.05) is 35.3 Å². The Kier molecular flexibility index (Phi) is 5.15. The fourth-order valence-electron chi connectivity index (χ4n) is 3.20. The third kappa shape index (κ3) is 3.41. The lowest BCUT2D eigenvalue weighted by Crippen LogP contribution is -2.36. The van der Waals surface area contributed by atoms with E-state index in [0.29, 0.717) is 17.3 Å². The highest BCUT2D eigenvalue weighted by Crippen LogP contribution is 2.37. The van der Waals surface area contributed by atoms with Crippen LogP contribution in [0.25, 0.3) is 10.4 Å². The van der Waals surface area contributed by atoms with Crippen LogP contribution in [0.5, 0.6) is 0 Å². The molecule has 1 amide bonds. The molecular weight excluding hydrogens is 417 g/mol. The van der Waals surface area contributed by atoms with Crippen LogP contribution in [-0.2, 0) is 11.2 Å². The molecule has 0 spiro atoms. The van der Waals surface area contributed by atoms with Crippen molar-refractivity contribution in [2.75, 3.05) is 18.6 Å². The molecule has 0 saturated carbocycles. The second-order valence-corrected chi connectivity index (χ2v) is 8.23. The standard InChI is InChI=1S/C21H15Cl2NO3S/c1-27-21(26)16-7-6-15(11-17(16)23)24-9-8-13-10-18(28-19(13)20(24)25)12-2-4-14(22)5-3-12/h2-7,10-11H,8-9H2,1H3. The minimum atomic E-state index is -0.505. The molecule has 2 aromatic carbocycles. The maximum absolute atomic E-state index is 13.1. The lowest BCUT2D eigenvalue weighted by molar-refractivity contribution is 0.0601. The van der Waals surface area contributed by atoms with E-state index in [1.165, 1.54) is 18.4 Å². The summed E-state index contributed by atoms with van der Waals surface area (Å²) in [6, 6.07) is 14.6. The van der Waals surface area contributed by atoms with Crippen molar-refractivity contribution in [3.63, 3.8) is 0 Å². The summed E-state index contributed by atoms with van der Waals surface area (Å²) in [4.78, 5) is 28.3. The van der Waals surface area contributed by atoms with E-state index in [0.717, 1.165) is 27.3 Å². The van der Waals surface area contributed by atoms with E-state index in [1.54, 1.807) is 23.1 Å². The summed E-state index contributed by atoms with van der Waals surface area (Å²) in [5.41, 5.74) is 3.02. The number of methoxy groups -OCH3 is 1. The number of rotatable bonds is 3.